The first-order valence-corrected chi connectivity index (χ1v) is 13.0. The molecule has 0 radical (unpaired) electrons. The van der Waals surface area contributed by atoms with Crippen molar-refractivity contribution in [3.8, 4) is 17.1 Å². The SMILES string of the molecule is O=C(Nc1cc(OC(F)(F)F)ccc1C1CCN(Cc2ccc(-c3ncc(Cl)cn3)cc2)CC1)c1ccncc1. The van der Waals surface area contributed by atoms with Crippen LogP contribution < -0.4 is 10.1 Å². The van der Waals surface area contributed by atoms with Crippen molar-refractivity contribution >= 4 is 23.2 Å². The average Bonchev–Trinajstić information content (AvgIpc) is 2.94. The number of anilines is 1. The minimum Gasteiger partial charge on any atom is -0.406 e. The Morgan fingerprint density at radius 2 is 1.68 bits per heavy atom. The van der Waals surface area contributed by atoms with E-state index in [0.29, 0.717) is 22.1 Å². The fourth-order valence-electron chi connectivity index (χ4n) is 4.78. The number of hydrogen-bond donors (Lipinski definition) is 1. The second kappa shape index (κ2) is 12.0. The molecule has 11 heteroatoms. The number of piperidine rings is 1. The van der Waals surface area contributed by atoms with Crippen molar-refractivity contribution in [2.75, 3.05) is 18.4 Å². The smallest absolute Gasteiger partial charge is 0.406 e. The number of nitrogens with one attached hydrogen (secondary N) is 1. The summed E-state index contributed by atoms with van der Waals surface area (Å²) in [6.07, 6.45) is 2.83. The molecule has 1 aliphatic rings. The van der Waals surface area contributed by atoms with E-state index in [4.69, 9.17) is 11.6 Å². The van der Waals surface area contributed by atoms with Gasteiger partial charge in [-0.1, -0.05) is 41.9 Å². The van der Waals surface area contributed by atoms with Crippen molar-refractivity contribution in [3.05, 3.63) is 101 Å². The fourth-order valence-corrected chi connectivity index (χ4v) is 4.87. The molecule has 2 aromatic heterocycles. The second-order valence-corrected chi connectivity index (χ2v) is 9.90. The third kappa shape index (κ3) is 7.13. The van der Waals surface area contributed by atoms with E-state index in [1.807, 2.05) is 24.3 Å². The Kier molecular flexibility index (Phi) is 8.27. The van der Waals surface area contributed by atoms with Gasteiger partial charge in [0.2, 0.25) is 0 Å². The summed E-state index contributed by atoms with van der Waals surface area (Å²) in [5.74, 6) is -0.146. The zero-order valence-electron chi connectivity index (χ0n) is 21.2. The molecule has 40 heavy (non-hydrogen) atoms. The van der Waals surface area contributed by atoms with Crippen molar-refractivity contribution in [2.24, 2.45) is 0 Å². The van der Waals surface area contributed by atoms with Crippen LogP contribution in [0, 0.1) is 0 Å². The van der Waals surface area contributed by atoms with Gasteiger partial charge < -0.3 is 10.1 Å². The Hall–Kier alpha value is -4.02. The molecular weight excluding hydrogens is 543 g/mol. The molecule has 0 unspecified atom stereocenters. The van der Waals surface area contributed by atoms with Gasteiger partial charge in [-0.25, -0.2) is 9.97 Å². The second-order valence-electron chi connectivity index (χ2n) is 9.46. The van der Waals surface area contributed by atoms with E-state index in [1.54, 1.807) is 30.6 Å². The number of ether oxygens (including phenoxy) is 1. The van der Waals surface area contributed by atoms with Crippen LogP contribution in [0.2, 0.25) is 5.02 Å². The highest BCUT2D eigenvalue weighted by molar-refractivity contribution is 6.30. The largest absolute Gasteiger partial charge is 0.573 e. The quantitative estimate of drug-likeness (QED) is 0.267. The number of likely N-dealkylation sites (tertiary alicyclic amines) is 1. The Morgan fingerprint density at radius 1 is 1.00 bits per heavy atom. The zero-order valence-corrected chi connectivity index (χ0v) is 22.0. The van der Waals surface area contributed by atoms with Crippen LogP contribution in [0.25, 0.3) is 11.4 Å². The van der Waals surface area contributed by atoms with Crippen LogP contribution in [0.5, 0.6) is 5.75 Å². The van der Waals surface area contributed by atoms with E-state index in [2.05, 4.69) is 29.9 Å². The Morgan fingerprint density at radius 3 is 2.33 bits per heavy atom. The van der Waals surface area contributed by atoms with Gasteiger partial charge >= 0.3 is 6.36 Å². The number of amides is 1. The molecule has 1 N–H and O–H groups in total. The average molecular weight is 568 g/mol. The highest BCUT2D eigenvalue weighted by atomic mass is 35.5. The number of nitrogens with zero attached hydrogens (tertiary/aromatic N) is 4. The van der Waals surface area contributed by atoms with E-state index in [-0.39, 0.29) is 11.7 Å². The van der Waals surface area contributed by atoms with Crippen LogP contribution in [-0.2, 0) is 6.54 Å². The van der Waals surface area contributed by atoms with Crippen LogP contribution in [0.4, 0.5) is 18.9 Å². The topological polar surface area (TPSA) is 80.2 Å². The molecule has 1 amide bonds. The number of benzene rings is 2. The number of carbonyl (C=O) groups excluding carboxylic acids is 1. The summed E-state index contributed by atoms with van der Waals surface area (Å²) >= 11 is 5.87. The van der Waals surface area contributed by atoms with Crippen LogP contribution in [0.1, 0.15) is 40.2 Å². The number of carbonyl (C=O) groups is 1. The summed E-state index contributed by atoms with van der Waals surface area (Å²) in [7, 11) is 0. The summed E-state index contributed by atoms with van der Waals surface area (Å²) in [5.41, 5.74) is 3.49. The van der Waals surface area contributed by atoms with Gasteiger partial charge in [0, 0.05) is 54.2 Å². The molecule has 0 aliphatic carbocycles. The first kappa shape index (κ1) is 27.5. The maximum atomic E-state index is 12.9. The van der Waals surface area contributed by atoms with Crippen molar-refractivity contribution in [1.82, 2.24) is 19.9 Å². The van der Waals surface area contributed by atoms with Crippen LogP contribution >= 0.6 is 11.6 Å². The summed E-state index contributed by atoms with van der Waals surface area (Å²) in [4.78, 5) is 27.5. The van der Waals surface area contributed by atoms with E-state index in [0.717, 1.165) is 49.2 Å². The highest BCUT2D eigenvalue weighted by Crippen LogP contribution is 2.37. The molecule has 0 saturated carbocycles. The molecule has 1 fully saturated rings. The lowest BCUT2D eigenvalue weighted by Gasteiger charge is -2.33. The van der Waals surface area contributed by atoms with Gasteiger partial charge in [0.15, 0.2) is 5.82 Å². The van der Waals surface area contributed by atoms with Gasteiger partial charge in [-0.2, -0.15) is 0 Å². The molecule has 7 nitrogen and oxygen atoms in total. The first-order chi connectivity index (χ1) is 19.2. The summed E-state index contributed by atoms with van der Waals surface area (Å²) < 4.78 is 42.7. The van der Waals surface area contributed by atoms with Crippen LogP contribution in [-0.4, -0.2) is 45.2 Å². The summed E-state index contributed by atoms with van der Waals surface area (Å²) in [6.45, 7) is 2.36. The molecule has 0 spiro atoms. The van der Waals surface area contributed by atoms with Gasteiger partial charge in [-0.05, 0) is 61.2 Å². The molecule has 2 aromatic carbocycles. The predicted octanol–water partition coefficient (Wildman–Crippen LogP) is 6.72. The number of aromatic nitrogens is 3. The molecule has 1 aliphatic heterocycles. The lowest BCUT2D eigenvalue weighted by Crippen LogP contribution is -2.32. The zero-order chi connectivity index (χ0) is 28.1. The van der Waals surface area contributed by atoms with Crippen molar-refractivity contribution in [2.45, 2.75) is 31.7 Å². The van der Waals surface area contributed by atoms with Gasteiger partial charge in [0.05, 0.1) is 5.02 Å². The van der Waals surface area contributed by atoms with Crippen molar-refractivity contribution < 1.29 is 22.7 Å². The number of hydrogen-bond acceptors (Lipinski definition) is 6. The molecular formula is C29H25ClF3N5O2. The maximum absolute atomic E-state index is 12.9. The van der Waals surface area contributed by atoms with E-state index in [1.165, 1.54) is 24.5 Å². The summed E-state index contributed by atoms with van der Waals surface area (Å²) in [6, 6.07) is 15.3. The van der Waals surface area contributed by atoms with E-state index < -0.39 is 12.3 Å². The van der Waals surface area contributed by atoms with E-state index in [9.17, 15) is 18.0 Å². The Balaban J connectivity index is 1.25. The number of pyridine rings is 1. The minimum atomic E-state index is -4.83. The van der Waals surface area contributed by atoms with Gasteiger partial charge in [0.25, 0.3) is 5.91 Å². The molecule has 4 aromatic rings. The monoisotopic (exact) mass is 567 g/mol. The highest BCUT2D eigenvalue weighted by Gasteiger charge is 2.32. The summed E-state index contributed by atoms with van der Waals surface area (Å²) in [5, 5.41) is 3.26. The lowest BCUT2D eigenvalue weighted by molar-refractivity contribution is -0.274. The number of halogens is 4. The minimum absolute atomic E-state index is 0.0633. The lowest BCUT2D eigenvalue weighted by atomic mass is 9.88. The van der Waals surface area contributed by atoms with Crippen LogP contribution in [0.15, 0.2) is 79.4 Å². The van der Waals surface area contributed by atoms with Gasteiger partial charge in [0.1, 0.15) is 5.75 Å². The first-order valence-electron chi connectivity index (χ1n) is 12.6. The third-order valence-corrected chi connectivity index (χ3v) is 6.91. The van der Waals surface area contributed by atoms with Gasteiger partial charge in [-0.15, -0.1) is 13.2 Å². The van der Waals surface area contributed by atoms with Crippen molar-refractivity contribution in [3.63, 3.8) is 0 Å². The van der Waals surface area contributed by atoms with Crippen LogP contribution in [0.3, 0.4) is 0 Å². The molecule has 0 bridgehead atoms. The molecule has 0 atom stereocenters. The fraction of sp³-hybridized carbons (Fsp3) is 0.241. The predicted molar refractivity (Wildman–Crippen MR) is 145 cm³/mol. The third-order valence-electron chi connectivity index (χ3n) is 6.72. The van der Waals surface area contributed by atoms with E-state index >= 15 is 0 Å². The normalized spacial score (nSPS) is 14.6. The molecule has 1 saturated heterocycles. The molecule has 206 valence electrons. The Bertz CT molecular complexity index is 1440. The number of rotatable bonds is 7. The van der Waals surface area contributed by atoms with Gasteiger partial charge in [-0.3, -0.25) is 14.7 Å². The maximum Gasteiger partial charge on any atom is 0.573 e. The Labute approximate surface area is 234 Å². The molecule has 3 heterocycles. The van der Waals surface area contributed by atoms with Crippen molar-refractivity contribution in [1.29, 1.82) is 0 Å². The number of alkyl halides is 3. The molecule has 5 rings (SSSR count). The standard InChI is InChI=1S/C29H25ClF3N5O2/c30-23-16-35-27(36-17-23)21-3-1-19(2-4-21)18-38-13-9-20(10-14-38)25-6-5-24(40-29(31,32)33)15-26(25)37-28(39)22-7-11-34-12-8-22/h1-8,11-12,15-17,20H,9-10,13-14,18H2,(H,37,39).